The SMILES string of the molecule is CCCC1(c2ccccc2)NC(=O)N(CC(=O)N(CC)CC)C1=O. The number of urea groups is 1. The third-order valence-electron chi connectivity index (χ3n) is 4.48. The Hall–Kier alpha value is -2.37. The first-order valence-corrected chi connectivity index (χ1v) is 8.47. The molecule has 0 radical (unpaired) electrons. The molecule has 1 aromatic rings. The molecule has 1 atom stereocenters. The predicted molar refractivity (Wildman–Crippen MR) is 91.2 cm³/mol. The zero-order valence-corrected chi connectivity index (χ0v) is 14.5. The molecule has 0 aliphatic carbocycles. The molecule has 4 amide bonds. The molecule has 0 saturated carbocycles. The van der Waals surface area contributed by atoms with Crippen LogP contribution in [-0.4, -0.2) is 47.3 Å². The molecule has 1 aliphatic heterocycles. The van der Waals surface area contributed by atoms with Gasteiger partial charge in [-0.05, 0) is 25.8 Å². The normalized spacial score (nSPS) is 20.2. The first kappa shape index (κ1) is 18.0. The van der Waals surface area contributed by atoms with Crippen molar-refractivity contribution in [2.75, 3.05) is 19.6 Å². The second-order valence-corrected chi connectivity index (χ2v) is 5.91. The summed E-state index contributed by atoms with van der Waals surface area (Å²) in [5.41, 5.74) is -0.320. The molecule has 130 valence electrons. The van der Waals surface area contributed by atoms with Crippen molar-refractivity contribution in [1.82, 2.24) is 15.1 Å². The lowest BCUT2D eigenvalue weighted by Crippen LogP contribution is -2.45. The van der Waals surface area contributed by atoms with Gasteiger partial charge in [0.15, 0.2) is 0 Å². The largest absolute Gasteiger partial charge is 0.342 e. The van der Waals surface area contributed by atoms with Crippen molar-refractivity contribution in [3.05, 3.63) is 35.9 Å². The fourth-order valence-corrected chi connectivity index (χ4v) is 3.19. The maximum Gasteiger partial charge on any atom is 0.325 e. The van der Waals surface area contributed by atoms with E-state index in [9.17, 15) is 14.4 Å². The quantitative estimate of drug-likeness (QED) is 0.778. The first-order valence-electron chi connectivity index (χ1n) is 8.47. The smallest absolute Gasteiger partial charge is 0.325 e. The molecule has 6 nitrogen and oxygen atoms in total. The number of likely N-dealkylation sites (N-methyl/N-ethyl adjacent to an activating group) is 1. The Morgan fingerprint density at radius 2 is 1.75 bits per heavy atom. The lowest BCUT2D eigenvalue weighted by atomic mass is 9.85. The highest BCUT2D eigenvalue weighted by Gasteiger charge is 2.52. The van der Waals surface area contributed by atoms with E-state index in [1.165, 1.54) is 0 Å². The summed E-state index contributed by atoms with van der Waals surface area (Å²) in [6.45, 7) is 6.60. The molecule has 2 rings (SSSR count). The maximum atomic E-state index is 13.0. The zero-order chi connectivity index (χ0) is 17.7. The summed E-state index contributed by atoms with van der Waals surface area (Å²) in [5, 5.41) is 2.83. The molecule has 0 bridgehead atoms. The van der Waals surface area contributed by atoms with E-state index in [-0.39, 0.29) is 18.4 Å². The number of hydrogen-bond donors (Lipinski definition) is 1. The minimum atomic E-state index is -1.07. The number of imide groups is 1. The minimum Gasteiger partial charge on any atom is -0.342 e. The summed E-state index contributed by atoms with van der Waals surface area (Å²) in [7, 11) is 0. The Bertz CT molecular complexity index is 613. The van der Waals surface area contributed by atoms with Crippen LogP contribution in [0.1, 0.15) is 39.2 Å². The number of nitrogens with zero attached hydrogens (tertiary/aromatic N) is 2. The van der Waals surface area contributed by atoms with Gasteiger partial charge >= 0.3 is 6.03 Å². The highest BCUT2D eigenvalue weighted by molar-refractivity contribution is 6.09. The molecule has 0 spiro atoms. The van der Waals surface area contributed by atoms with Crippen molar-refractivity contribution in [3.8, 4) is 0 Å². The van der Waals surface area contributed by atoms with Crippen LogP contribution in [0.15, 0.2) is 30.3 Å². The lowest BCUT2D eigenvalue weighted by Gasteiger charge is -2.27. The van der Waals surface area contributed by atoms with Gasteiger partial charge in [-0.2, -0.15) is 0 Å². The van der Waals surface area contributed by atoms with E-state index < -0.39 is 11.6 Å². The fourth-order valence-electron chi connectivity index (χ4n) is 3.19. The van der Waals surface area contributed by atoms with E-state index in [0.29, 0.717) is 19.5 Å². The summed E-state index contributed by atoms with van der Waals surface area (Å²) in [5.74, 6) is -0.565. The zero-order valence-electron chi connectivity index (χ0n) is 14.5. The van der Waals surface area contributed by atoms with Gasteiger partial charge in [0.05, 0.1) is 0 Å². The lowest BCUT2D eigenvalue weighted by molar-refractivity contribution is -0.139. The molecule has 24 heavy (non-hydrogen) atoms. The fraction of sp³-hybridized carbons (Fsp3) is 0.500. The number of rotatable bonds is 7. The second-order valence-electron chi connectivity index (χ2n) is 5.91. The van der Waals surface area contributed by atoms with E-state index in [1.54, 1.807) is 4.90 Å². The van der Waals surface area contributed by atoms with Gasteiger partial charge in [0.25, 0.3) is 5.91 Å². The third-order valence-corrected chi connectivity index (χ3v) is 4.48. The number of carbonyl (C=O) groups is 3. The van der Waals surface area contributed by atoms with Crippen LogP contribution >= 0.6 is 0 Å². The highest BCUT2D eigenvalue weighted by atomic mass is 16.2. The van der Waals surface area contributed by atoms with Gasteiger partial charge < -0.3 is 10.2 Å². The van der Waals surface area contributed by atoms with E-state index in [4.69, 9.17) is 0 Å². The molecule has 1 heterocycles. The molecule has 1 unspecified atom stereocenters. The van der Waals surface area contributed by atoms with Gasteiger partial charge in [0.1, 0.15) is 12.1 Å². The monoisotopic (exact) mass is 331 g/mol. The van der Waals surface area contributed by atoms with Crippen molar-refractivity contribution in [2.45, 2.75) is 39.2 Å². The highest BCUT2D eigenvalue weighted by Crippen LogP contribution is 2.33. The van der Waals surface area contributed by atoms with Gasteiger partial charge in [0, 0.05) is 13.1 Å². The molecule has 1 aliphatic rings. The number of hydrogen-bond acceptors (Lipinski definition) is 3. The topological polar surface area (TPSA) is 69.7 Å². The average Bonchev–Trinajstić information content (AvgIpc) is 2.82. The van der Waals surface area contributed by atoms with E-state index in [0.717, 1.165) is 16.9 Å². The molecule has 1 N–H and O–H groups in total. The van der Waals surface area contributed by atoms with Crippen LogP contribution < -0.4 is 5.32 Å². The Balaban J connectivity index is 2.30. The van der Waals surface area contributed by atoms with Crippen LogP contribution in [0, 0.1) is 0 Å². The Kier molecular flexibility index (Phi) is 5.59. The minimum absolute atomic E-state index is 0.218. The summed E-state index contributed by atoms with van der Waals surface area (Å²) >= 11 is 0. The summed E-state index contributed by atoms with van der Waals surface area (Å²) in [6, 6.07) is 8.73. The van der Waals surface area contributed by atoms with Crippen LogP contribution in [0.4, 0.5) is 4.79 Å². The molecule has 1 saturated heterocycles. The molecule has 1 fully saturated rings. The van der Waals surface area contributed by atoms with Crippen molar-refractivity contribution >= 4 is 17.8 Å². The van der Waals surface area contributed by atoms with Crippen molar-refractivity contribution in [2.24, 2.45) is 0 Å². The second kappa shape index (κ2) is 7.47. The number of benzene rings is 1. The Labute approximate surface area is 142 Å². The van der Waals surface area contributed by atoms with E-state index in [2.05, 4.69) is 5.32 Å². The molecular formula is C18H25N3O3. The van der Waals surface area contributed by atoms with Gasteiger partial charge in [-0.15, -0.1) is 0 Å². The number of amides is 4. The van der Waals surface area contributed by atoms with Crippen LogP contribution in [0.5, 0.6) is 0 Å². The summed E-state index contributed by atoms with van der Waals surface area (Å²) < 4.78 is 0. The predicted octanol–water partition coefficient (Wildman–Crippen LogP) is 2.10. The van der Waals surface area contributed by atoms with Gasteiger partial charge in [-0.25, -0.2) is 4.79 Å². The van der Waals surface area contributed by atoms with Crippen LogP contribution in [0.25, 0.3) is 0 Å². The maximum absolute atomic E-state index is 13.0. The van der Waals surface area contributed by atoms with Crippen molar-refractivity contribution < 1.29 is 14.4 Å². The Morgan fingerprint density at radius 1 is 1.12 bits per heavy atom. The van der Waals surface area contributed by atoms with Gasteiger partial charge in [-0.1, -0.05) is 43.7 Å². The molecule has 6 heteroatoms. The van der Waals surface area contributed by atoms with Crippen molar-refractivity contribution in [1.29, 1.82) is 0 Å². The third kappa shape index (κ3) is 3.13. The molecule has 0 aromatic heterocycles. The van der Waals surface area contributed by atoms with E-state index >= 15 is 0 Å². The first-order chi connectivity index (χ1) is 11.5. The molecular weight excluding hydrogens is 306 g/mol. The van der Waals surface area contributed by atoms with Gasteiger partial charge in [0.2, 0.25) is 5.91 Å². The Morgan fingerprint density at radius 3 is 2.29 bits per heavy atom. The summed E-state index contributed by atoms with van der Waals surface area (Å²) in [4.78, 5) is 40.4. The van der Waals surface area contributed by atoms with E-state index in [1.807, 2.05) is 51.1 Å². The average molecular weight is 331 g/mol. The number of carbonyl (C=O) groups excluding carboxylic acids is 3. The standard InChI is InChI=1S/C18H25N3O3/c1-4-12-18(14-10-8-7-9-11-14)16(23)21(17(24)19-18)13-15(22)20(5-2)6-3/h7-11H,4-6,12-13H2,1-3H3,(H,19,24). The number of nitrogens with one attached hydrogen (secondary N) is 1. The van der Waals surface area contributed by atoms with Crippen molar-refractivity contribution in [3.63, 3.8) is 0 Å². The van der Waals surface area contributed by atoms with Crippen LogP contribution in [0.2, 0.25) is 0 Å². The summed E-state index contributed by atoms with van der Waals surface area (Å²) in [6.07, 6.45) is 1.23. The van der Waals surface area contributed by atoms with Crippen LogP contribution in [-0.2, 0) is 15.1 Å². The molecule has 1 aromatic carbocycles. The van der Waals surface area contributed by atoms with Crippen LogP contribution in [0.3, 0.4) is 0 Å². The van der Waals surface area contributed by atoms with Gasteiger partial charge in [-0.3, -0.25) is 14.5 Å².